The molecule has 2 atom stereocenters. The quantitative estimate of drug-likeness (QED) is 0.468. The summed E-state index contributed by atoms with van der Waals surface area (Å²) in [6, 6.07) is 13.3. The standard InChI is InChI=1S/C24H29N5O3S/c1-4-32-17-9-7-16(8-10-17)12-22(30)26-21-13-19(20-6-5-11-33-20)28-29(21)24-25-18(15(2)3)14-23(31)27-24/h5-11,13,15,18,24-25H,4,12,14H2,1-3H3,(H,26,30)(H,27,31). The molecule has 2 unspecified atom stereocenters. The van der Waals surface area contributed by atoms with Crippen molar-refractivity contribution in [1.82, 2.24) is 20.4 Å². The molecule has 1 saturated heterocycles. The van der Waals surface area contributed by atoms with Crippen LogP contribution in [0.1, 0.15) is 39.0 Å². The zero-order valence-corrected chi connectivity index (χ0v) is 19.8. The molecular weight excluding hydrogens is 438 g/mol. The highest BCUT2D eigenvalue weighted by atomic mass is 32.1. The van der Waals surface area contributed by atoms with Gasteiger partial charge in [-0.2, -0.15) is 5.10 Å². The second-order valence-corrected chi connectivity index (χ2v) is 9.28. The summed E-state index contributed by atoms with van der Waals surface area (Å²) >= 11 is 1.57. The number of amides is 2. The van der Waals surface area contributed by atoms with E-state index in [1.807, 2.05) is 54.8 Å². The Morgan fingerprint density at radius 2 is 2.09 bits per heavy atom. The maximum atomic E-state index is 12.9. The number of nitrogens with zero attached hydrogens (tertiary/aromatic N) is 2. The Morgan fingerprint density at radius 3 is 2.76 bits per heavy atom. The SMILES string of the molecule is CCOc1ccc(CC(=O)Nc2cc(-c3cccs3)nn2C2NC(=O)CC(C(C)C)N2)cc1. The number of hydrogen-bond donors (Lipinski definition) is 3. The molecule has 3 N–H and O–H groups in total. The largest absolute Gasteiger partial charge is 0.494 e. The third-order valence-electron chi connectivity index (χ3n) is 5.50. The molecule has 1 aliphatic heterocycles. The molecule has 0 radical (unpaired) electrons. The molecule has 1 aromatic carbocycles. The van der Waals surface area contributed by atoms with E-state index in [9.17, 15) is 9.59 Å². The molecule has 8 nitrogen and oxygen atoms in total. The van der Waals surface area contributed by atoms with Gasteiger partial charge in [0.25, 0.3) is 0 Å². The van der Waals surface area contributed by atoms with Gasteiger partial charge in [0.1, 0.15) is 17.3 Å². The highest BCUT2D eigenvalue weighted by Crippen LogP contribution is 2.28. The summed E-state index contributed by atoms with van der Waals surface area (Å²) in [5.41, 5.74) is 1.62. The van der Waals surface area contributed by atoms with Crippen molar-refractivity contribution in [1.29, 1.82) is 0 Å². The maximum Gasteiger partial charge on any atom is 0.229 e. The first-order valence-corrected chi connectivity index (χ1v) is 12.0. The van der Waals surface area contributed by atoms with Crippen molar-refractivity contribution in [3.63, 3.8) is 0 Å². The molecule has 1 aliphatic rings. The molecule has 0 aliphatic carbocycles. The molecule has 9 heteroatoms. The van der Waals surface area contributed by atoms with Gasteiger partial charge in [0.2, 0.25) is 11.8 Å². The van der Waals surface area contributed by atoms with E-state index in [0.717, 1.165) is 21.9 Å². The van der Waals surface area contributed by atoms with Gasteiger partial charge in [-0.3, -0.25) is 14.9 Å². The van der Waals surface area contributed by atoms with Gasteiger partial charge in [0.15, 0.2) is 6.29 Å². The lowest BCUT2D eigenvalue weighted by Gasteiger charge is -2.34. The van der Waals surface area contributed by atoms with Crippen LogP contribution in [-0.4, -0.2) is 34.2 Å². The minimum absolute atomic E-state index is 0.0190. The summed E-state index contributed by atoms with van der Waals surface area (Å²) in [6.07, 6.45) is 0.0746. The van der Waals surface area contributed by atoms with E-state index in [1.165, 1.54) is 0 Å². The number of anilines is 1. The number of ether oxygens (including phenoxy) is 1. The summed E-state index contributed by atoms with van der Waals surface area (Å²) in [4.78, 5) is 26.2. The maximum absolute atomic E-state index is 12.9. The monoisotopic (exact) mass is 467 g/mol. The molecular formula is C24H29N5O3S. The molecule has 174 valence electrons. The van der Waals surface area contributed by atoms with E-state index in [4.69, 9.17) is 9.84 Å². The molecule has 2 amide bonds. The summed E-state index contributed by atoms with van der Waals surface area (Å²) in [7, 11) is 0. The number of nitrogens with one attached hydrogen (secondary N) is 3. The number of hydrogen-bond acceptors (Lipinski definition) is 6. The molecule has 3 heterocycles. The van der Waals surface area contributed by atoms with Crippen molar-refractivity contribution in [3.05, 3.63) is 53.4 Å². The number of aromatic nitrogens is 2. The molecule has 3 aromatic rings. The smallest absolute Gasteiger partial charge is 0.229 e. The predicted octanol–water partition coefficient (Wildman–Crippen LogP) is 3.78. The number of rotatable bonds is 8. The second-order valence-electron chi connectivity index (χ2n) is 8.33. The molecule has 4 rings (SSSR count). The number of benzene rings is 1. The molecule has 2 aromatic heterocycles. The second kappa shape index (κ2) is 10.2. The third-order valence-corrected chi connectivity index (χ3v) is 6.39. The first kappa shape index (κ1) is 23.0. The van der Waals surface area contributed by atoms with E-state index in [0.29, 0.717) is 18.8 Å². The van der Waals surface area contributed by atoms with Gasteiger partial charge in [-0.25, -0.2) is 4.68 Å². The van der Waals surface area contributed by atoms with Crippen molar-refractivity contribution < 1.29 is 14.3 Å². The Labute approximate surface area is 197 Å². The van der Waals surface area contributed by atoms with Gasteiger partial charge in [-0.15, -0.1) is 11.3 Å². The molecule has 1 fully saturated rings. The van der Waals surface area contributed by atoms with Gasteiger partial charge in [-0.1, -0.05) is 32.0 Å². The van der Waals surface area contributed by atoms with Crippen LogP contribution in [0.15, 0.2) is 47.8 Å². The van der Waals surface area contributed by atoms with Crippen LogP contribution in [0.25, 0.3) is 10.6 Å². The Bertz CT molecular complexity index is 1090. The topological polar surface area (TPSA) is 97.3 Å². The highest BCUT2D eigenvalue weighted by molar-refractivity contribution is 7.13. The van der Waals surface area contributed by atoms with Crippen LogP contribution >= 0.6 is 11.3 Å². The first-order valence-electron chi connectivity index (χ1n) is 11.1. The minimum Gasteiger partial charge on any atom is -0.494 e. The zero-order chi connectivity index (χ0) is 23.4. The fourth-order valence-electron chi connectivity index (χ4n) is 3.75. The van der Waals surface area contributed by atoms with Gasteiger partial charge in [-0.05, 0) is 42.0 Å². The third kappa shape index (κ3) is 5.61. The van der Waals surface area contributed by atoms with E-state index >= 15 is 0 Å². The predicted molar refractivity (Wildman–Crippen MR) is 129 cm³/mol. The Kier molecular flexibility index (Phi) is 7.10. The molecule has 33 heavy (non-hydrogen) atoms. The number of carbonyl (C=O) groups is 2. The zero-order valence-electron chi connectivity index (χ0n) is 19.0. The summed E-state index contributed by atoms with van der Waals surface area (Å²) in [5, 5.41) is 16.1. The van der Waals surface area contributed by atoms with E-state index in [1.54, 1.807) is 16.0 Å². The number of carbonyl (C=O) groups excluding carboxylic acids is 2. The van der Waals surface area contributed by atoms with Crippen molar-refractivity contribution >= 4 is 29.0 Å². The normalized spacial score (nSPS) is 18.2. The first-order chi connectivity index (χ1) is 15.9. The summed E-state index contributed by atoms with van der Waals surface area (Å²) in [5.74, 6) is 1.37. The Hall–Kier alpha value is -3.17. The van der Waals surface area contributed by atoms with E-state index in [2.05, 4.69) is 29.8 Å². The average Bonchev–Trinajstić information content (AvgIpc) is 3.45. The van der Waals surface area contributed by atoms with Crippen LogP contribution < -0.4 is 20.7 Å². The van der Waals surface area contributed by atoms with Gasteiger partial charge in [0, 0.05) is 18.5 Å². The Balaban J connectivity index is 1.56. The Morgan fingerprint density at radius 1 is 1.30 bits per heavy atom. The lowest BCUT2D eigenvalue weighted by molar-refractivity contribution is -0.126. The lowest BCUT2D eigenvalue weighted by atomic mass is 9.99. The fraction of sp³-hybridized carbons (Fsp3) is 0.375. The van der Waals surface area contributed by atoms with Gasteiger partial charge in [0.05, 0.1) is 17.9 Å². The lowest BCUT2D eigenvalue weighted by Crippen LogP contribution is -2.55. The van der Waals surface area contributed by atoms with Crippen LogP contribution in [-0.2, 0) is 16.0 Å². The van der Waals surface area contributed by atoms with Crippen molar-refractivity contribution in [2.24, 2.45) is 5.92 Å². The molecule has 0 spiro atoms. The van der Waals surface area contributed by atoms with Crippen LogP contribution in [0.3, 0.4) is 0 Å². The van der Waals surface area contributed by atoms with Gasteiger partial charge < -0.3 is 15.4 Å². The average molecular weight is 468 g/mol. The van der Waals surface area contributed by atoms with Crippen molar-refractivity contribution in [2.75, 3.05) is 11.9 Å². The minimum atomic E-state index is -0.548. The van der Waals surface area contributed by atoms with Crippen LogP contribution in [0.5, 0.6) is 5.75 Å². The number of thiophene rings is 1. The van der Waals surface area contributed by atoms with E-state index < -0.39 is 6.29 Å². The summed E-state index contributed by atoms with van der Waals surface area (Å²) in [6.45, 7) is 6.68. The van der Waals surface area contributed by atoms with Crippen LogP contribution in [0, 0.1) is 5.92 Å². The van der Waals surface area contributed by atoms with Gasteiger partial charge >= 0.3 is 0 Å². The van der Waals surface area contributed by atoms with Crippen LogP contribution in [0.2, 0.25) is 0 Å². The summed E-state index contributed by atoms with van der Waals surface area (Å²) < 4.78 is 7.11. The molecule has 0 bridgehead atoms. The van der Waals surface area contributed by atoms with E-state index in [-0.39, 0.29) is 30.2 Å². The molecule has 0 saturated carbocycles. The van der Waals surface area contributed by atoms with Crippen LogP contribution in [0.4, 0.5) is 5.82 Å². The fourth-order valence-corrected chi connectivity index (χ4v) is 4.43. The van der Waals surface area contributed by atoms with Crippen molar-refractivity contribution in [3.8, 4) is 16.3 Å². The highest BCUT2D eigenvalue weighted by Gasteiger charge is 2.31. The van der Waals surface area contributed by atoms with Crippen molar-refractivity contribution in [2.45, 2.75) is 45.9 Å².